The fourth-order valence-corrected chi connectivity index (χ4v) is 2.10. The van der Waals surface area contributed by atoms with E-state index in [1.807, 2.05) is 6.07 Å². The highest BCUT2D eigenvalue weighted by molar-refractivity contribution is 5.91. The quantitative estimate of drug-likeness (QED) is 0.863. The fourth-order valence-electron chi connectivity index (χ4n) is 2.10. The highest BCUT2D eigenvalue weighted by Crippen LogP contribution is 2.38. The molecule has 1 fully saturated rings. The molecule has 0 atom stereocenters. The Balaban J connectivity index is 1.53. The van der Waals surface area contributed by atoms with Crippen LogP contribution in [0.25, 0.3) is 6.08 Å². The lowest BCUT2D eigenvalue weighted by molar-refractivity contribution is -0.116. The van der Waals surface area contributed by atoms with E-state index in [0.29, 0.717) is 12.5 Å². The minimum atomic E-state index is -0.295. The highest BCUT2D eigenvalue weighted by atomic mass is 19.1. The van der Waals surface area contributed by atoms with Crippen molar-refractivity contribution in [1.29, 1.82) is 0 Å². The number of benzene rings is 1. The van der Waals surface area contributed by atoms with Gasteiger partial charge in [0.1, 0.15) is 12.1 Å². The predicted molar refractivity (Wildman–Crippen MR) is 81.3 cm³/mol. The predicted octanol–water partition coefficient (Wildman–Crippen LogP) is 2.82. The molecule has 1 N–H and O–H groups in total. The molecule has 4 nitrogen and oxygen atoms in total. The maximum Gasteiger partial charge on any atom is 0.244 e. The number of hydrogen-bond donors (Lipinski definition) is 1. The summed E-state index contributed by atoms with van der Waals surface area (Å²) in [6, 6.07) is 7.90. The van der Waals surface area contributed by atoms with Gasteiger partial charge < -0.3 is 5.32 Å². The molecule has 2 aromatic rings. The standard InChI is InChI=1S/C17H16FN3O/c18-14-6-1-12(2-7-14)3-8-17(22)19-10-15-9-16(13-4-5-13)21-11-20-15/h1-3,6-9,11,13H,4-5,10H2,(H,19,22)/b8-3+. The van der Waals surface area contributed by atoms with Crippen LogP contribution in [0.3, 0.4) is 0 Å². The molecule has 3 rings (SSSR count). The summed E-state index contributed by atoms with van der Waals surface area (Å²) in [6.45, 7) is 0.370. The third-order valence-corrected chi connectivity index (χ3v) is 3.48. The molecule has 0 saturated heterocycles. The van der Waals surface area contributed by atoms with Crippen LogP contribution >= 0.6 is 0 Å². The van der Waals surface area contributed by atoms with Crippen LogP contribution in [0, 0.1) is 5.82 Å². The molecule has 0 aliphatic heterocycles. The Bertz CT molecular complexity index is 693. The molecule has 1 saturated carbocycles. The Morgan fingerprint density at radius 2 is 2.05 bits per heavy atom. The minimum Gasteiger partial charge on any atom is -0.347 e. The first kappa shape index (κ1) is 14.4. The number of rotatable bonds is 5. The van der Waals surface area contributed by atoms with Gasteiger partial charge in [-0.2, -0.15) is 0 Å². The molecule has 0 radical (unpaired) electrons. The fraction of sp³-hybridized carbons (Fsp3) is 0.235. The summed E-state index contributed by atoms with van der Waals surface area (Å²) in [5.74, 6) is 0.0589. The van der Waals surface area contributed by atoms with Gasteiger partial charge >= 0.3 is 0 Å². The van der Waals surface area contributed by atoms with E-state index in [4.69, 9.17) is 0 Å². The summed E-state index contributed by atoms with van der Waals surface area (Å²) >= 11 is 0. The van der Waals surface area contributed by atoms with Crippen molar-refractivity contribution in [3.8, 4) is 0 Å². The summed E-state index contributed by atoms with van der Waals surface area (Å²) in [5.41, 5.74) is 2.64. The topological polar surface area (TPSA) is 54.9 Å². The summed E-state index contributed by atoms with van der Waals surface area (Å²) in [4.78, 5) is 20.2. The van der Waals surface area contributed by atoms with Gasteiger partial charge in [0.15, 0.2) is 0 Å². The average Bonchev–Trinajstić information content (AvgIpc) is 3.37. The van der Waals surface area contributed by atoms with Crippen molar-refractivity contribution in [3.63, 3.8) is 0 Å². The zero-order chi connectivity index (χ0) is 15.4. The molecule has 1 amide bonds. The lowest BCUT2D eigenvalue weighted by atomic mass is 10.2. The van der Waals surface area contributed by atoms with Gasteiger partial charge in [-0.05, 0) is 42.7 Å². The second kappa shape index (κ2) is 6.47. The molecule has 1 aromatic carbocycles. The van der Waals surface area contributed by atoms with E-state index in [-0.39, 0.29) is 11.7 Å². The molecule has 1 aromatic heterocycles. The maximum absolute atomic E-state index is 12.8. The normalized spacial score (nSPS) is 14.2. The van der Waals surface area contributed by atoms with Gasteiger partial charge in [-0.15, -0.1) is 0 Å². The Hall–Kier alpha value is -2.56. The number of halogens is 1. The average molecular weight is 297 g/mol. The maximum atomic E-state index is 12.8. The number of amides is 1. The van der Waals surface area contributed by atoms with Crippen molar-refractivity contribution in [1.82, 2.24) is 15.3 Å². The molecule has 1 heterocycles. The van der Waals surface area contributed by atoms with Crippen LogP contribution < -0.4 is 5.32 Å². The van der Waals surface area contributed by atoms with Crippen molar-refractivity contribution >= 4 is 12.0 Å². The van der Waals surface area contributed by atoms with E-state index in [1.165, 1.54) is 31.1 Å². The van der Waals surface area contributed by atoms with Crippen LogP contribution in [0.2, 0.25) is 0 Å². The van der Waals surface area contributed by atoms with E-state index >= 15 is 0 Å². The van der Waals surface area contributed by atoms with E-state index in [0.717, 1.165) is 17.0 Å². The number of carbonyl (C=O) groups excluding carboxylic acids is 1. The van der Waals surface area contributed by atoms with Crippen molar-refractivity contribution in [2.75, 3.05) is 0 Å². The molecule has 22 heavy (non-hydrogen) atoms. The number of aromatic nitrogens is 2. The van der Waals surface area contributed by atoms with Gasteiger partial charge in [-0.25, -0.2) is 14.4 Å². The smallest absolute Gasteiger partial charge is 0.244 e. The van der Waals surface area contributed by atoms with E-state index in [9.17, 15) is 9.18 Å². The first-order chi connectivity index (χ1) is 10.7. The zero-order valence-corrected chi connectivity index (χ0v) is 12.0. The van der Waals surface area contributed by atoms with Crippen LogP contribution in [0.5, 0.6) is 0 Å². The van der Waals surface area contributed by atoms with E-state index < -0.39 is 0 Å². The minimum absolute atomic E-state index is 0.212. The molecular formula is C17H16FN3O. The lowest BCUT2D eigenvalue weighted by Crippen LogP contribution is -2.21. The van der Waals surface area contributed by atoms with Crippen molar-refractivity contribution in [2.24, 2.45) is 0 Å². The third-order valence-electron chi connectivity index (χ3n) is 3.48. The van der Waals surface area contributed by atoms with Gasteiger partial charge in [-0.3, -0.25) is 4.79 Å². The lowest BCUT2D eigenvalue weighted by Gasteiger charge is -2.03. The number of hydrogen-bond acceptors (Lipinski definition) is 3. The SMILES string of the molecule is O=C(/C=C/c1ccc(F)cc1)NCc1cc(C2CC2)ncn1. The van der Waals surface area contributed by atoms with Crippen molar-refractivity contribution in [3.05, 3.63) is 65.5 Å². The van der Waals surface area contributed by atoms with Gasteiger partial charge in [0, 0.05) is 17.7 Å². The number of nitrogens with one attached hydrogen (secondary N) is 1. The monoisotopic (exact) mass is 297 g/mol. The van der Waals surface area contributed by atoms with Crippen LogP contribution in [0.4, 0.5) is 4.39 Å². The number of carbonyl (C=O) groups is 1. The van der Waals surface area contributed by atoms with Crippen LogP contribution in [0.15, 0.2) is 42.7 Å². The number of nitrogens with zero attached hydrogens (tertiary/aromatic N) is 2. The zero-order valence-electron chi connectivity index (χ0n) is 12.0. The summed E-state index contributed by atoms with van der Waals surface area (Å²) in [7, 11) is 0. The van der Waals surface area contributed by atoms with Crippen molar-refractivity contribution in [2.45, 2.75) is 25.3 Å². The molecule has 0 spiro atoms. The first-order valence-corrected chi connectivity index (χ1v) is 7.23. The van der Waals surface area contributed by atoms with Gasteiger partial charge in [0.25, 0.3) is 0 Å². The highest BCUT2D eigenvalue weighted by Gasteiger charge is 2.25. The largest absolute Gasteiger partial charge is 0.347 e. The second-order valence-corrected chi connectivity index (χ2v) is 5.31. The van der Waals surface area contributed by atoms with Gasteiger partial charge in [0.05, 0.1) is 12.2 Å². The summed E-state index contributed by atoms with van der Waals surface area (Å²) < 4.78 is 12.8. The van der Waals surface area contributed by atoms with Crippen molar-refractivity contribution < 1.29 is 9.18 Å². The Morgan fingerprint density at radius 3 is 2.77 bits per heavy atom. The molecular weight excluding hydrogens is 281 g/mol. The van der Waals surface area contributed by atoms with Gasteiger partial charge in [-0.1, -0.05) is 12.1 Å². The van der Waals surface area contributed by atoms with Crippen LogP contribution in [0.1, 0.15) is 35.7 Å². The molecule has 0 unspecified atom stereocenters. The first-order valence-electron chi connectivity index (χ1n) is 7.23. The van der Waals surface area contributed by atoms with E-state index in [2.05, 4.69) is 15.3 Å². The van der Waals surface area contributed by atoms with Crippen LogP contribution in [-0.4, -0.2) is 15.9 Å². The van der Waals surface area contributed by atoms with Crippen LogP contribution in [-0.2, 0) is 11.3 Å². The van der Waals surface area contributed by atoms with Gasteiger partial charge in [0.2, 0.25) is 5.91 Å². The third kappa shape index (κ3) is 3.97. The summed E-state index contributed by atoms with van der Waals surface area (Å²) in [5, 5.41) is 2.78. The molecule has 5 heteroatoms. The molecule has 0 bridgehead atoms. The van der Waals surface area contributed by atoms with E-state index in [1.54, 1.807) is 24.5 Å². The summed E-state index contributed by atoms with van der Waals surface area (Å²) in [6.07, 6.45) is 6.98. The Morgan fingerprint density at radius 1 is 1.27 bits per heavy atom. The Kier molecular flexibility index (Phi) is 4.23. The molecule has 112 valence electrons. The Labute approximate surface area is 128 Å². The molecule has 1 aliphatic carbocycles. The second-order valence-electron chi connectivity index (χ2n) is 5.31. The molecule has 1 aliphatic rings.